The van der Waals surface area contributed by atoms with E-state index in [0.717, 1.165) is 64.0 Å². The van der Waals surface area contributed by atoms with E-state index in [2.05, 4.69) is 27.1 Å². The Labute approximate surface area is 235 Å². The zero-order valence-corrected chi connectivity index (χ0v) is 22.2. The maximum atomic E-state index is 14.3. The Morgan fingerprint density at radius 3 is 2.90 bits per heavy atom. The van der Waals surface area contributed by atoms with Crippen LogP contribution in [0, 0.1) is 11.3 Å². The number of nitrogen functional groups attached to an aromatic ring is 1. The van der Waals surface area contributed by atoms with Crippen molar-refractivity contribution in [2.75, 3.05) is 5.73 Å². The molecule has 202 valence electrons. The number of hydrogen-bond acceptors (Lipinski definition) is 8. The highest BCUT2D eigenvalue weighted by molar-refractivity contribution is 5.98. The van der Waals surface area contributed by atoms with Crippen LogP contribution in [0.1, 0.15) is 63.0 Å². The molecule has 6 heterocycles. The summed E-state index contributed by atoms with van der Waals surface area (Å²) in [5.41, 5.74) is 14.7. The van der Waals surface area contributed by atoms with Crippen molar-refractivity contribution in [3.8, 4) is 17.2 Å². The summed E-state index contributed by atoms with van der Waals surface area (Å²) >= 11 is 0. The van der Waals surface area contributed by atoms with E-state index in [1.54, 1.807) is 36.9 Å². The summed E-state index contributed by atoms with van der Waals surface area (Å²) in [6.45, 7) is 1.13. The van der Waals surface area contributed by atoms with Crippen LogP contribution in [0.5, 0.6) is 0 Å². The van der Waals surface area contributed by atoms with Gasteiger partial charge in [-0.05, 0) is 49.1 Å². The van der Waals surface area contributed by atoms with E-state index in [1.165, 1.54) is 0 Å². The number of carbonyl (C=O) groups is 1. The highest BCUT2D eigenvalue weighted by Gasteiger charge is 2.33. The number of pyridine rings is 4. The van der Waals surface area contributed by atoms with Crippen LogP contribution >= 0.6 is 0 Å². The second-order valence-electron chi connectivity index (χ2n) is 10.4. The molecule has 5 aromatic rings. The van der Waals surface area contributed by atoms with Crippen molar-refractivity contribution in [2.24, 2.45) is 0 Å². The summed E-state index contributed by atoms with van der Waals surface area (Å²) < 4.78 is 5.62. The van der Waals surface area contributed by atoms with Gasteiger partial charge < -0.3 is 20.4 Å². The van der Waals surface area contributed by atoms with Gasteiger partial charge in [0.15, 0.2) is 0 Å². The Balaban J connectivity index is 1.27. The number of aryl methyl sites for hydroxylation is 1. The largest absolute Gasteiger partial charge is 0.383 e. The van der Waals surface area contributed by atoms with Crippen LogP contribution in [-0.4, -0.2) is 35.7 Å². The third-order valence-electron chi connectivity index (χ3n) is 7.95. The first kappa shape index (κ1) is 24.9. The van der Waals surface area contributed by atoms with Crippen molar-refractivity contribution in [3.63, 3.8) is 0 Å². The van der Waals surface area contributed by atoms with Gasteiger partial charge in [0, 0.05) is 47.0 Å². The number of hydrogen-bond donors (Lipinski definition) is 2. The summed E-state index contributed by atoms with van der Waals surface area (Å²) in [6.07, 6.45) is 9.40. The minimum absolute atomic E-state index is 0.162. The van der Waals surface area contributed by atoms with Gasteiger partial charge in [0.05, 0.1) is 53.8 Å². The molecule has 10 nitrogen and oxygen atoms in total. The highest BCUT2D eigenvalue weighted by atomic mass is 16.5. The molecule has 0 saturated heterocycles. The van der Waals surface area contributed by atoms with Crippen LogP contribution in [0.3, 0.4) is 0 Å². The first-order valence-electron chi connectivity index (χ1n) is 13.5. The van der Waals surface area contributed by atoms with Crippen molar-refractivity contribution in [1.29, 1.82) is 5.26 Å². The Morgan fingerprint density at radius 2 is 2.05 bits per heavy atom. The molecule has 0 fully saturated rings. The number of nitriles is 1. The minimum atomic E-state index is -0.210. The number of amides is 1. The van der Waals surface area contributed by atoms with Crippen LogP contribution in [0.4, 0.5) is 5.82 Å². The molecule has 1 atom stereocenters. The molecule has 0 saturated carbocycles. The van der Waals surface area contributed by atoms with Gasteiger partial charge in [-0.15, -0.1) is 0 Å². The molecular formula is C31H26N8O2. The maximum absolute atomic E-state index is 14.3. The number of rotatable bonds is 5. The lowest BCUT2D eigenvalue weighted by molar-refractivity contribution is 0.0624. The van der Waals surface area contributed by atoms with Gasteiger partial charge >= 0.3 is 0 Å². The Kier molecular flexibility index (Phi) is 6.14. The van der Waals surface area contributed by atoms with E-state index < -0.39 is 0 Å². The van der Waals surface area contributed by atoms with E-state index in [4.69, 9.17) is 20.4 Å². The molecule has 10 heteroatoms. The number of nitrogens with two attached hydrogens (primary N) is 1. The average molecular weight is 543 g/mol. The van der Waals surface area contributed by atoms with E-state index in [0.29, 0.717) is 35.8 Å². The van der Waals surface area contributed by atoms with Gasteiger partial charge in [0.2, 0.25) is 0 Å². The Morgan fingerprint density at radius 1 is 1.15 bits per heavy atom. The fraction of sp³-hybridized carbons (Fsp3) is 0.226. The van der Waals surface area contributed by atoms with Crippen molar-refractivity contribution in [3.05, 3.63) is 101 Å². The quantitative estimate of drug-likeness (QED) is 0.327. The lowest BCUT2D eigenvalue weighted by Gasteiger charge is -2.34. The van der Waals surface area contributed by atoms with E-state index in [9.17, 15) is 10.1 Å². The van der Waals surface area contributed by atoms with Crippen LogP contribution in [0.2, 0.25) is 0 Å². The molecule has 2 aliphatic rings. The Hall–Kier alpha value is -5.14. The second-order valence-corrected chi connectivity index (χ2v) is 10.4. The molecule has 1 aliphatic heterocycles. The standard InChI is InChI=1S/C31H26N8O2/c32-12-20-13-34-10-8-22(20)19-6-7-21(36-14-19)15-39(27-5-1-3-18-4-2-9-35-28(18)27)31(40)26-11-25-29(37-26)23-16-41-17-24(23)30(33)38-25/h2,4,6-11,13-14,27,37H,1,3,5,15-17H2,(H2,33,38)/t27-/m1/s1. The normalized spacial score (nSPS) is 15.7. The number of carbonyl (C=O) groups excluding carboxylic acids is 1. The van der Waals surface area contributed by atoms with E-state index >= 15 is 0 Å². The summed E-state index contributed by atoms with van der Waals surface area (Å²) in [4.78, 5) is 37.5. The summed E-state index contributed by atoms with van der Waals surface area (Å²) in [6, 6.07) is 13.4. The van der Waals surface area contributed by atoms with E-state index in [-0.39, 0.29) is 18.5 Å². The third kappa shape index (κ3) is 4.37. The number of fused-ring (bicyclic) bond motifs is 4. The zero-order valence-electron chi connectivity index (χ0n) is 22.2. The molecule has 1 aliphatic carbocycles. The predicted octanol–water partition coefficient (Wildman–Crippen LogP) is 4.62. The maximum Gasteiger partial charge on any atom is 0.271 e. The van der Waals surface area contributed by atoms with Crippen molar-refractivity contribution >= 4 is 22.8 Å². The molecular weight excluding hydrogens is 516 g/mol. The monoisotopic (exact) mass is 542 g/mol. The number of anilines is 1. The first-order valence-corrected chi connectivity index (χ1v) is 13.5. The molecule has 0 spiro atoms. The van der Waals surface area contributed by atoms with Crippen LogP contribution in [0.15, 0.2) is 61.2 Å². The summed E-state index contributed by atoms with van der Waals surface area (Å²) in [7, 11) is 0. The summed E-state index contributed by atoms with van der Waals surface area (Å²) in [5.74, 6) is 0.271. The molecule has 7 rings (SSSR count). The third-order valence-corrected chi connectivity index (χ3v) is 7.95. The van der Waals surface area contributed by atoms with Gasteiger partial charge in [-0.2, -0.15) is 5.26 Å². The molecule has 0 unspecified atom stereocenters. The highest BCUT2D eigenvalue weighted by Crippen LogP contribution is 2.36. The first-order chi connectivity index (χ1) is 20.1. The second kappa shape index (κ2) is 10.1. The van der Waals surface area contributed by atoms with Gasteiger partial charge in [-0.3, -0.25) is 19.7 Å². The van der Waals surface area contributed by atoms with Crippen molar-refractivity contribution < 1.29 is 9.53 Å². The van der Waals surface area contributed by atoms with Crippen molar-refractivity contribution in [2.45, 2.75) is 45.1 Å². The molecule has 1 amide bonds. The van der Waals surface area contributed by atoms with Gasteiger partial charge in [-0.1, -0.05) is 12.1 Å². The number of nitrogens with zero attached hydrogens (tertiary/aromatic N) is 6. The average Bonchev–Trinajstić information content (AvgIpc) is 3.68. The number of nitrogens with one attached hydrogen (secondary N) is 1. The van der Waals surface area contributed by atoms with Gasteiger partial charge in [-0.25, -0.2) is 4.98 Å². The van der Waals surface area contributed by atoms with Crippen LogP contribution in [-0.2, 0) is 30.9 Å². The van der Waals surface area contributed by atoms with Crippen molar-refractivity contribution in [1.82, 2.24) is 29.8 Å². The minimum Gasteiger partial charge on any atom is -0.383 e. The van der Waals surface area contributed by atoms with Crippen LogP contribution in [0.25, 0.3) is 22.2 Å². The number of aromatic nitrogens is 5. The molecule has 3 N–H and O–H groups in total. The van der Waals surface area contributed by atoms with Crippen LogP contribution < -0.4 is 5.73 Å². The fourth-order valence-electron chi connectivity index (χ4n) is 5.91. The van der Waals surface area contributed by atoms with Gasteiger partial charge in [0.25, 0.3) is 5.91 Å². The molecule has 41 heavy (non-hydrogen) atoms. The lowest BCUT2D eigenvalue weighted by Crippen LogP contribution is -2.37. The number of aromatic amines is 1. The van der Waals surface area contributed by atoms with E-state index in [1.807, 2.05) is 23.1 Å². The molecule has 5 aromatic heterocycles. The molecule has 0 aromatic carbocycles. The number of H-pyrrole nitrogens is 1. The topological polar surface area (TPSA) is 147 Å². The lowest BCUT2D eigenvalue weighted by atomic mass is 9.90. The fourth-order valence-corrected chi connectivity index (χ4v) is 5.91. The zero-order chi connectivity index (χ0) is 27.9. The smallest absolute Gasteiger partial charge is 0.271 e. The number of ether oxygens (including phenoxy) is 1. The molecule has 0 bridgehead atoms. The Bertz CT molecular complexity index is 1840. The summed E-state index contributed by atoms with van der Waals surface area (Å²) in [5, 5.41) is 9.48. The predicted molar refractivity (Wildman–Crippen MR) is 151 cm³/mol. The molecule has 0 radical (unpaired) electrons. The SMILES string of the molecule is N#Cc1cnccc1-c1ccc(CN(C(=O)c2cc3nc(N)c4c(c3[nH]2)COC4)[C@@H]2CCCc3cccnc32)nc1. The van der Waals surface area contributed by atoms with Gasteiger partial charge in [0.1, 0.15) is 17.6 Å².